The first kappa shape index (κ1) is 18.6. The second-order valence-corrected chi connectivity index (χ2v) is 13.7. The van der Waals surface area contributed by atoms with E-state index < -0.39 is 9.97 Å². The van der Waals surface area contributed by atoms with E-state index in [4.69, 9.17) is 13.6 Å². The van der Waals surface area contributed by atoms with Crippen LogP contribution in [0.1, 0.15) is 34.1 Å². The number of rotatable bonds is 7. The molecule has 1 aliphatic rings. The van der Waals surface area contributed by atoms with Crippen LogP contribution >= 0.6 is 55.6 Å². The highest BCUT2D eigenvalue weighted by atomic mass is 80.0. The van der Waals surface area contributed by atoms with Gasteiger partial charge >= 0.3 is 7.82 Å². The zero-order chi connectivity index (χ0) is 14.9. The molecular formula is C11H20Br3O4P. The highest BCUT2D eigenvalue weighted by molar-refractivity contribution is 9.39. The SMILES string of the molecule is CCOP(=O)(OCC)OC(C1CC1(C)C)C(Br)(Br)Br. The lowest BCUT2D eigenvalue weighted by molar-refractivity contribution is 0.0744. The summed E-state index contributed by atoms with van der Waals surface area (Å²) in [6, 6.07) is 0. The van der Waals surface area contributed by atoms with Crippen molar-refractivity contribution in [3.63, 3.8) is 0 Å². The largest absolute Gasteiger partial charge is 0.475 e. The maximum absolute atomic E-state index is 12.5. The second-order valence-electron chi connectivity index (χ2n) is 5.15. The van der Waals surface area contributed by atoms with Crippen molar-refractivity contribution in [3.05, 3.63) is 0 Å². The minimum atomic E-state index is -3.53. The molecular weight excluding hydrogens is 467 g/mol. The van der Waals surface area contributed by atoms with Crippen LogP contribution in [0.3, 0.4) is 0 Å². The van der Waals surface area contributed by atoms with Crippen LogP contribution in [0, 0.1) is 11.3 Å². The molecule has 0 saturated heterocycles. The van der Waals surface area contributed by atoms with Crippen LogP contribution in [0.2, 0.25) is 0 Å². The lowest BCUT2D eigenvalue weighted by Crippen LogP contribution is -2.31. The summed E-state index contributed by atoms with van der Waals surface area (Å²) >= 11 is 10.4. The van der Waals surface area contributed by atoms with Crippen LogP contribution in [0.25, 0.3) is 0 Å². The van der Waals surface area contributed by atoms with Gasteiger partial charge in [-0.1, -0.05) is 61.6 Å². The lowest BCUT2D eigenvalue weighted by Gasteiger charge is -2.30. The molecule has 4 nitrogen and oxygen atoms in total. The van der Waals surface area contributed by atoms with Gasteiger partial charge in [0.15, 0.2) is 2.14 Å². The highest BCUT2D eigenvalue weighted by Gasteiger charge is 2.58. The van der Waals surface area contributed by atoms with Crippen molar-refractivity contribution in [3.8, 4) is 0 Å². The average molecular weight is 487 g/mol. The van der Waals surface area contributed by atoms with Crippen molar-refractivity contribution in [2.45, 2.75) is 42.4 Å². The fourth-order valence-electron chi connectivity index (χ4n) is 1.94. The third-order valence-corrected chi connectivity index (χ3v) is 6.08. The molecule has 2 unspecified atom stereocenters. The Labute approximate surface area is 140 Å². The Kier molecular flexibility index (Phi) is 6.62. The first-order valence-corrected chi connectivity index (χ1v) is 10.0. The zero-order valence-corrected chi connectivity index (χ0v) is 17.1. The average Bonchev–Trinajstić information content (AvgIpc) is 2.83. The van der Waals surface area contributed by atoms with Gasteiger partial charge in [-0.3, -0.25) is 13.6 Å². The smallest absolute Gasteiger partial charge is 0.287 e. The van der Waals surface area contributed by atoms with Gasteiger partial charge in [0.1, 0.15) is 6.10 Å². The van der Waals surface area contributed by atoms with Crippen LogP contribution in [0.15, 0.2) is 0 Å². The van der Waals surface area contributed by atoms with E-state index in [1.54, 1.807) is 13.8 Å². The number of hydrogen-bond acceptors (Lipinski definition) is 4. The maximum atomic E-state index is 12.5. The summed E-state index contributed by atoms with van der Waals surface area (Å²) in [4.78, 5) is 0. The number of phosphoric acid groups is 1. The van der Waals surface area contributed by atoms with E-state index in [0.717, 1.165) is 6.42 Å². The van der Waals surface area contributed by atoms with Gasteiger partial charge in [0.05, 0.1) is 13.2 Å². The monoisotopic (exact) mass is 484 g/mol. The topological polar surface area (TPSA) is 44.8 Å². The van der Waals surface area contributed by atoms with Gasteiger partial charge in [0.2, 0.25) is 0 Å². The summed E-state index contributed by atoms with van der Waals surface area (Å²) in [6.07, 6.45) is 0.631. The Morgan fingerprint density at radius 3 is 1.95 bits per heavy atom. The van der Waals surface area contributed by atoms with E-state index in [1.165, 1.54) is 0 Å². The standard InChI is InChI=1S/C11H20Br3O4P/c1-5-16-19(15,17-6-2)18-9(11(12,13)14)8-7-10(8,3)4/h8-9H,5-7H2,1-4H3. The third-order valence-electron chi connectivity index (χ3n) is 3.09. The predicted molar refractivity (Wildman–Crippen MR) is 87.1 cm³/mol. The number of phosphoric ester groups is 1. The van der Waals surface area contributed by atoms with Crippen molar-refractivity contribution >= 4 is 55.6 Å². The Balaban J connectivity index is 2.85. The van der Waals surface area contributed by atoms with Crippen LogP contribution in [-0.4, -0.2) is 21.5 Å². The summed E-state index contributed by atoms with van der Waals surface area (Å²) < 4.78 is 27.9. The van der Waals surface area contributed by atoms with Gasteiger partial charge in [-0.15, -0.1) is 0 Å². The molecule has 0 aliphatic heterocycles. The lowest BCUT2D eigenvalue weighted by atomic mass is 10.1. The molecule has 0 radical (unpaired) electrons. The fraction of sp³-hybridized carbons (Fsp3) is 1.00. The molecule has 19 heavy (non-hydrogen) atoms. The fourth-order valence-corrected chi connectivity index (χ4v) is 5.02. The van der Waals surface area contributed by atoms with E-state index in [0.29, 0.717) is 0 Å². The van der Waals surface area contributed by atoms with E-state index in [2.05, 4.69) is 61.6 Å². The quantitative estimate of drug-likeness (QED) is 0.355. The molecule has 1 aliphatic carbocycles. The van der Waals surface area contributed by atoms with Crippen molar-refractivity contribution in [1.82, 2.24) is 0 Å². The third kappa shape index (κ3) is 5.35. The summed E-state index contributed by atoms with van der Waals surface area (Å²) in [7, 11) is -3.53. The van der Waals surface area contributed by atoms with Crippen molar-refractivity contribution < 1.29 is 18.1 Å². The normalized spacial score (nSPS) is 24.3. The van der Waals surface area contributed by atoms with Crippen LogP contribution in [-0.2, 0) is 18.1 Å². The Hall–Kier alpha value is 1.55. The molecule has 0 aromatic heterocycles. The van der Waals surface area contributed by atoms with Gasteiger partial charge < -0.3 is 0 Å². The summed E-state index contributed by atoms with van der Waals surface area (Å²) in [5.74, 6) is 0.264. The number of halogens is 3. The molecule has 0 aromatic carbocycles. The molecule has 8 heteroatoms. The van der Waals surface area contributed by atoms with Crippen molar-refractivity contribution in [2.24, 2.45) is 11.3 Å². The Morgan fingerprint density at radius 2 is 1.68 bits per heavy atom. The molecule has 1 saturated carbocycles. The first-order chi connectivity index (χ1) is 8.56. The van der Waals surface area contributed by atoms with Crippen molar-refractivity contribution in [1.29, 1.82) is 0 Å². The highest BCUT2D eigenvalue weighted by Crippen LogP contribution is 2.64. The molecule has 0 bridgehead atoms. The van der Waals surface area contributed by atoms with Crippen LogP contribution in [0.5, 0.6) is 0 Å². The maximum Gasteiger partial charge on any atom is 0.475 e. The van der Waals surface area contributed by atoms with E-state index >= 15 is 0 Å². The summed E-state index contributed by atoms with van der Waals surface area (Å²) in [6.45, 7) is 8.37. The molecule has 114 valence electrons. The molecule has 0 amide bonds. The molecule has 0 N–H and O–H groups in total. The van der Waals surface area contributed by atoms with Gasteiger partial charge in [0.25, 0.3) is 0 Å². The molecule has 1 fully saturated rings. The van der Waals surface area contributed by atoms with Crippen LogP contribution < -0.4 is 0 Å². The minimum Gasteiger partial charge on any atom is -0.287 e. The Morgan fingerprint density at radius 1 is 1.26 bits per heavy atom. The van der Waals surface area contributed by atoms with E-state index in [-0.39, 0.29) is 30.7 Å². The van der Waals surface area contributed by atoms with Gasteiger partial charge in [-0.25, -0.2) is 4.57 Å². The minimum absolute atomic E-state index is 0.161. The number of hydrogen-bond donors (Lipinski definition) is 0. The van der Waals surface area contributed by atoms with Crippen LogP contribution in [0.4, 0.5) is 0 Å². The first-order valence-electron chi connectivity index (χ1n) is 6.20. The predicted octanol–water partition coefficient (Wildman–Crippen LogP) is 5.44. The Bertz CT molecular complexity index is 346. The molecule has 0 heterocycles. The second kappa shape index (κ2) is 6.76. The van der Waals surface area contributed by atoms with Crippen molar-refractivity contribution in [2.75, 3.05) is 13.2 Å². The van der Waals surface area contributed by atoms with Gasteiger partial charge in [-0.05, 0) is 31.6 Å². The summed E-state index contributed by atoms with van der Waals surface area (Å²) in [5, 5.41) is 0. The molecule has 0 aromatic rings. The molecule has 1 rings (SSSR count). The molecule has 0 spiro atoms. The van der Waals surface area contributed by atoms with E-state index in [9.17, 15) is 4.57 Å². The van der Waals surface area contributed by atoms with E-state index in [1.807, 2.05) is 0 Å². The molecule has 2 atom stereocenters. The summed E-state index contributed by atoms with van der Waals surface area (Å²) in [5.41, 5.74) is 0.161. The van der Waals surface area contributed by atoms with Gasteiger partial charge in [-0.2, -0.15) is 0 Å². The van der Waals surface area contributed by atoms with Gasteiger partial charge in [0, 0.05) is 0 Å². The number of alkyl halides is 3. The zero-order valence-electron chi connectivity index (χ0n) is 11.5.